The van der Waals surface area contributed by atoms with Gasteiger partial charge in [0, 0.05) is 29.2 Å². The molecule has 6 heteroatoms. The summed E-state index contributed by atoms with van der Waals surface area (Å²) in [5, 5.41) is 2.91. The first-order valence-corrected chi connectivity index (χ1v) is 6.92. The monoisotopic (exact) mass is 347 g/mol. The molecule has 1 aliphatic carbocycles. The Kier molecular flexibility index (Phi) is 4.52. The molecule has 108 valence electrons. The van der Waals surface area contributed by atoms with Crippen LogP contribution in [0.4, 0.5) is 13.2 Å². The first kappa shape index (κ1) is 15.1. The Morgan fingerprint density at radius 2 is 1.85 bits per heavy atom. The van der Waals surface area contributed by atoms with Crippen LogP contribution in [0, 0.1) is 5.92 Å². The van der Waals surface area contributed by atoms with Crippen LogP contribution in [0.1, 0.15) is 18.4 Å². The average molecular weight is 348 g/mol. The number of rotatable bonds is 3. The summed E-state index contributed by atoms with van der Waals surface area (Å²) in [7, 11) is 0. The van der Waals surface area contributed by atoms with Gasteiger partial charge in [0.15, 0.2) is 5.78 Å². The Labute approximate surface area is 123 Å². The van der Waals surface area contributed by atoms with Gasteiger partial charge in [-0.2, -0.15) is 13.2 Å². The van der Waals surface area contributed by atoms with Crippen LogP contribution in [-0.2, 0) is 11.3 Å². The Bertz CT molecular complexity index is 522. The van der Waals surface area contributed by atoms with Gasteiger partial charge in [-0.15, -0.1) is 0 Å². The summed E-state index contributed by atoms with van der Waals surface area (Å²) in [4.78, 5) is 11.4. The van der Waals surface area contributed by atoms with E-state index in [0.29, 0.717) is 12.2 Å². The van der Waals surface area contributed by atoms with Crippen molar-refractivity contribution in [2.24, 2.45) is 5.92 Å². The van der Waals surface area contributed by atoms with E-state index in [1.165, 1.54) is 6.08 Å². The van der Waals surface area contributed by atoms with Crippen molar-refractivity contribution in [3.63, 3.8) is 0 Å². The van der Waals surface area contributed by atoms with Crippen molar-refractivity contribution < 1.29 is 18.0 Å². The van der Waals surface area contributed by atoms with Gasteiger partial charge in [-0.25, -0.2) is 0 Å². The van der Waals surface area contributed by atoms with E-state index in [1.54, 1.807) is 0 Å². The highest BCUT2D eigenvalue weighted by molar-refractivity contribution is 9.10. The maximum Gasteiger partial charge on any atom is 0.392 e. The molecule has 0 aromatic heterocycles. The van der Waals surface area contributed by atoms with Crippen molar-refractivity contribution in [2.45, 2.75) is 25.6 Å². The Balaban J connectivity index is 1.98. The number of allylic oxidation sites excluding steroid dienone is 2. The maximum absolute atomic E-state index is 12.7. The van der Waals surface area contributed by atoms with Crippen molar-refractivity contribution in [1.29, 1.82) is 0 Å². The maximum atomic E-state index is 12.7. The molecule has 0 fully saturated rings. The zero-order chi connectivity index (χ0) is 14.8. The van der Waals surface area contributed by atoms with Gasteiger partial charge in [0.25, 0.3) is 0 Å². The van der Waals surface area contributed by atoms with Crippen LogP contribution in [-0.4, -0.2) is 12.0 Å². The molecule has 2 nitrogen and oxygen atoms in total. The van der Waals surface area contributed by atoms with E-state index in [-0.39, 0.29) is 6.42 Å². The summed E-state index contributed by atoms with van der Waals surface area (Å²) in [5.74, 6) is -2.05. The average Bonchev–Trinajstić information content (AvgIpc) is 2.36. The van der Waals surface area contributed by atoms with Gasteiger partial charge in [-0.1, -0.05) is 28.1 Å². The van der Waals surface area contributed by atoms with Crippen molar-refractivity contribution >= 4 is 21.7 Å². The predicted octanol–water partition coefficient (Wildman–Crippen LogP) is 3.96. The minimum absolute atomic E-state index is 0.161. The third-order valence-electron chi connectivity index (χ3n) is 3.14. The standard InChI is InChI=1S/C14H13BrF3NO/c15-11-3-1-9(2-4-11)8-19-12-5-10(14(16,17)18)6-13(20)7-12/h1-4,7,10,19H,5-6,8H2. The topological polar surface area (TPSA) is 29.1 Å². The summed E-state index contributed by atoms with van der Waals surface area (Å²) in [6, 6.07) is 7.44. The fraction of sp³-hybridized carbons (Fsp3) is 0.357. The van der Waals surface area contributed by atoms with Gasteiger partial charge in [0.1, 0.15) is 0 Å². The number of carbonyl (C=O) groups is 1. The smallest absolute Gasteiger partial charge is 0.384 e. The van der Waals surface area contributed by atoms with Crippen LogP contribution in [0.5, 0.6) is 0 Å². The van der Waals surface area contributed by atoms with Crippen molar-refractivity contribution in [3.05, 3.63) is 46.1 Å². The van der Waals surface area contributed by atoms with Crippen molar-refractivity contribution in [3.8, 4) is 0 Å². The molecule has 0 radical (unpaired) electrons. The predicted molar refractivity (Wildman–Crippen MR) is 72.9 cm³/mol. The lowest BCUT2D eigenvalue weighted by molar-refractivity contribution is -0.178. The molecule has 1 aromatic rings. The van der Waals surface area contributed by atoms with E-state index in [9.17, 15) is 18.0 Å². The second kappa shape index (κ2) is 5.99. The molecule has 0 amide bonds. The van der Waals surface area contributed by atoms with Gasteiger partial charge in [-0.3, -0.25) is 4.79 Å². The van der Waals surface area contributed by atoms with Crippen LogP contribution >= 0.6 is 15.9 Å². The van der Waals surface area contributed by atoms with Crippen molar-refractivity contribution in [1.82, 2.24) is 5.32 Å². The van der Waals surface area contributed by atoms with Crippen LogP contribution < -0.4 is 5.32 Å². The highest BCUT2D eigenvalue weighted by Gasteiger charge is 2.42. The summed E-state index contributed by atoms with van der Waals surface area (Å²) in [6.45, 7) is 0.400. The number of halogens is 4. The van der Waals surface area contributed by atoms with Gasteiger partial charge >= 0.3 is 6.18 Å². The SMILES string of the molecule is O=C1C=C(NCc2ccc(Br)cc2)CC(C(F)(F)F)C1. The number of benzene rings is 1. The third kappa shape index (κ3) is 4.10. The molecule has 0 bridgehead atoms. The number of ketones is 1. The fourth-order valence-electron chi connectivity index (χ4n) is 2.07. The highest BCUT2D eigenvalue weighted by atomic mass is 79.9. The molecule has 0 aliphatic heterocycles. The molecule has 1 aliphatic rings. The molecule has 2 rings (SSSR count). The second-order valence-electron chi connectivity index (χ2n) is 4.76. The number of alkyl halides is 3. The van der Waals surface area contributed by atoms with Crippen LogP contribution in [0.3, 0.4) is 0 Å². The van der Waals surface area contributed by atoms with Crippen LogP contribution in [0.25, 0.3) is 0 Å². The summed E-state index contributed by atoms with van der Waals surface area (Å²) in [5.41, 5.74) is 1.29. The van der Waals surface area contributed by atoms with Gasteiger partial charge in [-0.05, 0) is 24.1 Å². The molecule has 1 N–H and O–H groups in total. The Morgan fingerprint density at radius 1 is 1.20 bits per heavy atom. The number of hydrogen-bond donors (Lipinski definition) is 1. The normalized spacial score (nSPS) is 19.7. The van der Waals surface area contributed by atoms with E-state index >= 15 is 0 Å². The number of carbonyl (C=O) groups excluding carboxylic acids is 1. The second-order valence-corrected chi connectivity index (χ2v) is 5.68. The van der Waals surface area contributed by atoms with Gasteiger partial charge in [0.05, 0.1) is 5.92 Å². The lowest BCUT2D eigenvalue weighted by Gasteiger charge is -2.25. The first-order valence-electron chi connectivity index (χ1n) is 6.13. The minimum Gasteiger partial charge on any atom is -0.384 e. The van der Waals surface area contributed by atoms with Crippen LogP contribution in [0.15, 0.2) is 40.5 Å². The van der Waals surface area contributed by atoms with Gasteiger partial charge < -0.3 is 5.32 Å². The third-order valence-corrected chi connectivity index (χ3v) is 3.67. The largest absolute Gasteiger partial charge is 0.392 e. The highest BCUT2D eigenvalue weighted by Crippen LogP contribution is 2.35. The molecule has 20 heavy (non-hydrogen) atoms. The molecule has 1 unspecified atom stereocenters. The van der Waals surface area contributed by atoms with E-state index in [1.807, 2.05) is 24.3 Å². The molecular formula is C14H13BrF3NO. The Morgan fingerprint density at radius 3 is 2.45 bits per heavy atom. The van der Waals surface area contributed by atoms with E-state index in [4.69, 9.17) is 0 Å². The lowest BCUT2D eigenvalue weighted by Crippen LogP contribution is -2.31. The summed E-state index contributed by atoms with van der Waals surface area (Å²) < 4.78 is 39.0. The van der Waals surface area contributed by atoms with E-state index in [0.717, 1.165) is 10.0 Å². The number of nitrogens with one attached hydrogen (secondary N) is 1. The molecule has 0 saturated heterocycles. The summed E-state index contributed by atoms with van der Waals surface area (Å²) in [6.07, 6.45) is -3.66. The van der Waals surface area contributed by atoms with E-state index in [2.05, 4.69) is 21.2 Å². The zero-order valence-corrected chi connectivity index (χ0v) is 12.1. The fourth-order valence-corrected chi connectivity index (χ4v) is 2.33. The van der Waals surface area contributed by atoms with Gasteiger partial charge in [0.2, 0.25) is 0 Å². The molecule has 1 atom stereocenters. The quantitative estimate of drug-likeness (QED) is 0.896. The zero-order valence-electron chi connectivity index (χ0n) is 10.5. The molecule has 0 saturated carbocycles. The minimum atomic E-state index is -4.32. The Hall–Kier alpha value is -1.30. The summed E-state index contributed by atoms with van der Waals surface area (Å²) >= 11 is 3.31. The van der Waals surface area contributed by atoms with Crippen LogP contribution in [0.2, 0.25) is 0 Å². The number of hydrogen-bond acceptors (Lipinski definition) is 2. The molecule has 0 spiro atoms. The first-order chi connectivity index (χ1) is 9.34. The lowest BCUT2D eigenvalue weighted by atomic mass is 9.90. The van der Waals surface area contributed by atoms with Crippen molar-refractivity contribution in [2.75, 3.05) is 0 Å². The molecule has 1 aromatic carbocycles. The molecular weight excluding hydrogens is 335 g/mol. The molecule has 0 heterocycles. The van der Waals surface area contributed by atoms with E-state index < -0.39 is 24.3 Å².